The second-order valence-electron chi connectivity index (χ2n) is 4.02. The third-order valence-electron chi connectivity index (χ3n) is 2.90. The SMILES string of the molecule is O=C(c1cnns1)N1CCCC(CCCl)C1. The van der Waals surface area contributed by atoms with Gasteiger partial charge in [-0.1, -0.05) is 4.49 Å². The quantitative estimate of drug-likeness (QED) is 0.781. The molecule has 4 nitrogen and oxygen atoms in total. The van der Waals surface area contributed by atoms with E-state index in [-0.39, 0.29) is 5.91 Å². The van der Waals surface area contributed by atoms with Crippen molar-refractivity contribution in [3.05, 3.63) is 11.1 Å². The van der Waals surface area contributed by atoms with Crippen molar-refractivity contribution in [3.63, 3.8) is 0 Å². The van der Waals surface area contributed by atoms with Gasteiger partial charge in [0.15, 0.2) is 0 Å². The lowest BCUT2D eigenvalue weighted by atomic mass is 9.95. The number of rotatable bonds is 3. The Morgan fingerprint density at radius 2 is 2.56 bits per heavy atom. The lowest BCUT2D eigenvalue weighted by molar-refractivity contribution is 0.0676. The van der Waals surface area contributed by atoms with Gasteiger partial charge >= 0.3 is 0 Å². The number of nitrogens with zero attached hydrogens (tertiary/aromatic N) is 3. The first-order chi connectivity index (χ1) is 7.81. The van der Waals surface area contributed by atoms with E-state index in [1.165, 1.54) is 12.6 Å². The molecule has 1 atom stereocenters. The number of carbonyl (C=O) groups excluding carboxylic acids is 1. The van der Waals surface area contributed by atoms with Crippen molar-refractivity contribution in [1.29, 1.82) is 0 Å². The van der Waals surface area contributed by atoms with Gasteiger partial charge in [0.1, 0.15) is 4.88 Å². The molecule has 1 aromatic rings. The van der Waals surface area contributed by atoms with Gasteiger partial charge in [-0.15, -0.1) is 16.7 Å². The normalized spacial score (nSPS) is 21.1. The van der Waals surface area contributed by atoms with Crippen LogP contribution in [0.25, 0.3) is 0 Å². The number of hydrogen-bond donors (Lipinski definition) is 0. The highest BCUT2D eigenvalue weighted by atomic mass is 35.5. The van der Waals surface area contributed by atoms with E-state index in [2.05, 4.69) is 9.59 Å². The van der Waals surface area contributed by atoms with Gasteiger partial charge in [0.2, 0.25) is 0 Å². The van der Waals surface area contributed by atoms with Crippen LogP contribution in [0, 0.1) is 5.92 Å². The average Bonchev–Trinajstić information content (AvgIpc) is 2.82. The molecule has 1 aliphatic rings. The van der Waals surface area contributed by atoms with Gasteiger partial charge in [0.25, 0.3) is 5.91 Å². The van der Waals surface area contributed by atoms with Crippen molar-refractivity contribution < 1.29 is 4.79 Å². The molecule has 1 amide bonds. The van der Waals surface area contributed by atoms with Crippen LogP contribution < -0.4 is 0 Å². The Morgan fingerprint density at radius 3 is 3.25 bits per heavy atom. The van der Waals surface area contributed by atoms with Crippen LogP contribution in [0.2, 0.25) is 0 Å². The predicted molar refractivity (Wildman–Crippen MR) is 63.9 cm³/mol. The maximum atomic E-state index is 12.0. The van der Waals surface area contributed by atoms with E-state index in [1.807, 2.05) is 4.90 Å². The molecule has 0 radical (unpaired) electrons. The summed E-state index contributed by atoms with van der Waals surface area (Å²) in [6.45, 7) is 1.67. The maximum Gasteiger partial charge on any atom is 0.267 e. The van der Waals surface area contributed by atoms with Crippen LogP contribution in [0.4, 0.5) is 0 Å². The molecule has 1 fully saturated rings. The zero-order chi connectivity index (χ0) is 11.4. The van der Waals surface area contributed by atoms with Gasteiger partial charge < -0.3 is 4.90 Å². The Kier molecular flexibility index (Phi) is 4.12. The lowest BCUT2D eigenvalue weighted by Gasteiger charge is -2.32. The first-order valence-corrected chi connectivity index (χ1v) is 6.74. The molecule has 1 unspecified atom stereocenters. The number of alkyl halides is 1. The standard InChI is InChI=1S/C10H14ClN3OS/c11-4-3-8-2-1-5-14(7-8)10(15)9-6-12-13-16-9/h6,8H,1-5,7H2. The van der Waals surface area contributed by atoms with Crippen LogP contribution in [0.5, 0.6) is 0 Å². The van der Waals surface area contributed by atoms with Gasteiger partial charge in [0, 0.05) is 19.0 Å². The molecular weight excluding hydrogens is 246 g/mol. The monoisotopic (exact) mass is 259 g/mol. The second kappa shape index (κ2) is 5.59. The summed E-state index contributed by atoms with van der Waals surface area (Å²) in [7, 11) is 0. The van der Waals surface area contributed by atoms with Crippen LogP contribution in [0.3, 0.4) is 0 Å². The van der Waals surface area contributed by atoms with Crippen molar-refractivity contribution in [2.75, 3.05) is 19.0 Å². The fraction of sp³-hybridized carbons (Fsp3) is 0.700. The van der Waals surface area contributed by atoms with Gasteiger partial charge in [-0.05, 0) is 36.7 Å². The van der Waals surface area contributed by atoms with Gasteiger partial charge in [-0.3, -0.25) is 4.79 Å². The van der Waals surface area contributed by atoms with E-state index < -0.39 is 0 Å². The molecular formula is C10H14ClN3OS. The Hall–Kier alpha value is -0.680. The van der Waals surface area contributed by atoms with E-state index >= 15 is 0 Å². The highest BCUT2D eigenvalue weighted by Crippen LogP contribution is 2.22. The number of piperidine rings is 1. The molecule has 0 aliphatic carbocycles. The van der Waals surface area contributed by atoms with E-state index in [0.717, 1.165) is 37.5 Å². The van der Waals surface area contributed by atoms with Crippen molar-refractivity contribution in [3.8, 4) is 0 Å². The fourth-order valence-electron chi connectivity index (χ4n) is 2.06. The van der Waals surface area contributed by atoms with Crippen molar-refractivity contribution >= 4 is 29.0 Å². The van der Waals surface area contributed by atoms with Crippen LogP contribution in [0.1, 0.15) is 28.9 Å². The Morgan fingerprint density at radius 1 is 1.69 bits per heavy atom. The highest BCUT2D eigenvalue weighted by molar-refractivity contribution is 7.07. The summed E-state index contributed by atoms with van der Waals surface area (Å²) in [5, 5.41) is 3.69. The molecule has 2 heterocycles. The van der Waals surface area contributed by atoms with Crippen molar-refractivity contribution in [2.24, 2.45) is 5.92 Å². The molecule has 0 N–H and O–H groups in total. The summed E-state index contributed by atoms with van der Waals surface area (Å²) in [6.07, 6.45) is 4.78. The number of halogens is 1. The zero-order valence-corrected chi connectivity index (χ0v) is 10.5. The van der Waals surface area contributed by atoms with Crippen LogP contribution >= 0.6 is 23.1 Å². The fourth-order valence-corrected chi connectivity index (χ4v) is 2.85. The first-order valence-electron chi connectivity index (χ1n) is 5.44. The number of amides is 1. The van der Waals surface area contributed by atoms with Gasteiger partial charge in [0.05, 0.1) is 6.20 Å². The Bertz CT molecular complexity index is 342. The number of carbonyl (C=O) groups is 1. The predicted octanol–water partition coefficient (Wildman–Crippen LogP) is 2.02. The summed E-state index contributed by atoms with van der Waals surface area (Å²) < 4.78 is 3.72. The largest absolute Gasteiger partial charge is 0.338 e. The molecule has 0 bridgehead atoms. The van der Waals surface area contributed by atoms with Gasteiger partial charge in [-0.25, -0.2) is 0 Å². The minimum Gasteiger partial charge on any atom is -0.338 e. The van der Waals surface area contributed by atoms with Crippen LogP contribution in [0.15, 0.2) is 6.20 Å². The number of aromatic nitrogens is 2. The molecule has 0 aromatic carbocycles. The maximum absolute atomic E-state index is 12.0. The summed E-state index contributed by atoms with van der Waals surface area (Å²) in [5.41, 5.74) is 0. The van der Waals surface area contributed by atoms with Gasteiger partial charge in [-0.2, -0.15) is 0 Å². The van der Waals surface area contributed by atoms with E-state index in [4.69, 9.17) is 11.6 Å². The first kappa shape index (κ1) is 11.8. The topological polar surface area (TPSA) is 46.1 Å². The van der Waals surface area contributed by atoms with Crippen molar-refractivity contribution in [2.45, 2.75) is 19.3 Å². The molecule has 88 valence electrons. The molecule has 1 aromatic heterocycles. The Labute approximate surface area is 104 Å². The lowest BCUT2D eigenvalue weighted by Crippen LogP contribution is -2.39. The average molecular weight is 260 g/mol. The molecule has 6 heteroatoms. The van der Waals surface area contributed by atoms with Crippen LogP contribution in [-0.2, 0) is 0 Å². The summed E-state index contributed by atoms with van der Waals surface area (Å²) in [4.78, 5) is 14.6. The third kappa shape index (κ3) is 2.71. The minimum absolute atomic E-state index is 0.0641. The van der Waals surface area contributed by atoms with Crippen LogP contribution in [-0.4, -0.2) is 39.4 Å². The molecule has 16 heavy (non-hydrogen) atoms. The third-order valence-corrected chi connectivity index (χ3v) is 3.77. The van der Waals surface area contributed by atoms with E-state index in [9.17, 15) is 4.79 Å². The number of hydrogen-bond acceptors (Lipinski definition) is 4. The molecule has 2 rings (SSSR count). The Balaban J connectivity index is 1.96. The molecule has 0 saturated carbocycles. The summed E-state index contributed by atoms with van der Waals surface area (Å²) >= 11 is 6.90. The van der Waals surface area contributed by atoms with E-state index in [0.29, 0.717) is 16.7 Å². The zero-order valence-electron chi connectivity index (χ0n) is 8.93. The summed E-state index contributed by atoms with van der Waals surface area (Å²) in [6, 6.07) is 0. The summed E-state index contributed by atoms with van der Waals surface area (Å²) in [5.74, 6) is 1.29. The van der Waals surface area contributed by atoms with Crippen molar-refractivity contribution in [1.82, 2.24) is 14.5 Å². The highest BCUT2D eigenvalue weighted by Gasteiger charge is 2.24. The molecule has 0 spiro atoms. The molecule has 1 aliphatic heterocycles. The smallest absolute Gasteiger partial charge is 0.267 e. The molecule has 1 saturated heterocycles. The minimum atomic E-state index is 0.0641. The number of likely N-dealkylation sites (tertiary alicyclic amines) is 1. The second-order valence-corrected chi connectivity index (χ2v) is 5.18. The van der Waals surface area contributed by atoms with E-state index in [1.54, 1.807) is 0 Å².